The van der Waals surface area contributed by atoms with Crippen LogP contribution in [0.1, 0.15) is 12.8 Å². The number of aromatic amines is 1. The molecule has 10 heteroatoms. The van der Waals surface area contributed by atoms with E-state index in [0.717, 1.165) is 34.3 Å². The van der Waals surface area contributed by atoms with E-state index in [4.69, 9.17) is 0 Å². The highest BCUT2D eigenvalue weighted by molar-refractivity contribution is 7.89. The Balaban J connectivity index is 1.35. The number of hydrogen-bond acceptors (Lipinski definition) is 5. The number of anilines is 1. The Labute approximate surface area is 188 Å². The average Bonchev–Trinajstić information content (AvgIpc) is 3.53. The van der Waals surface area contributed by atoms with Crippen LogP contribution in [-0.4, -0.2) is 41.2 Å². The van der Waals surface area contributed by atoms with E-state index in [0.29, 0.717) is 18.0 Å². The van der Waals surface area contributed by atoms with Gasteiger partial charge in [-0.1, -0.05) is 18.2 Å². The number of sulfonamides is 1. The smallest absolute Gasteiger partial charge is 0.244 e. The summed E-state index contributed by atoms with van der Waals surface area (Å²) in [5, 5.41) is 6.06. The number of rotatable bonds is 5. The van der Waals surface area contributed by atoms with Crippen LogP contribution in [0, 0.1) is 5.82 Å². The minimum absolute atomic E-state index is 0.0329. The summed E-state index contributed by atoms with van der Waals surface area (Å²) < 4.78 is 40.4. The number of nitrogens with one attached hydrogen (secondary N) is 2. The molecule has 1 saturated heterocycles. The Hall–Kier alpha value is -3.08. The largest absolute Gasteiger partial charge is 0.360 e. The lowest BCUT2D eigenvalue weighted by Gasteiger charge is -2.23. The minimum Gasteiger partial charge on any atom is -0.360 e. The molecule has 0 radical (unpaired) electrons. The van der Waals surface area contributed by atoms with Crippen LogP contribution in [0.3, 0.4) is 0 Å². The third kappa shape index (κ3) is 3.70. The number of carbonyl (C=O) groups is 1. The summed E-state index contributed by atoms with van der Waals surface area (Å²) in [6.45, 7) is 0.232. The summed E-state index contributed by atoms with van der Waals surface area (Å²) in [6, 6.07) is 11.6. The second kappa shape index (κ2) is 8.12. The van der Waals surface area contributed by atoms with E-state index >= 15 is 0 Å². The summed E-state index contributed by atoms with van der Waals surface area (Å²) in [5.74, 6) is -0.942. The van der Waals surface area contributed by atoms with Gasteiger partial charge in [0.05, 0.1) is 10.6 Å². The Morgan fingerprint density at radius 1 is 1.19 bits per heavy atom. The molecule has 2 aromatic carbocycles. The fourth-order valence-corrected chi connectivity index (χ4v) is 6.33. The number of fused-ring (bicyclic) bond motifs is 1. The third-order valence-electron chi connectivity index (χ3n) is 5.53. The molecule has 5 rings (SSSR count). The van der Waals surface area contributed by atoms with Gasteiger partial charge in [0, 0.05) is 34.6 Å². The van der Waals surface area contributed by atoms with Crippen molar-refractivity contribution in [2.75, 3.05) is 11.9 Å². The number of carbonyl (C=O) groups excluding carboxylic acids is 1. The number of benzene rings is 2. The van der Waals surface area contributed by atoms with Gasteiger partial charge in [0.1, 0.15) is 11.9 Å². The summed E-state index contributed by atoms with van der Waals surface area (Å²) in [7, 11) is -3.91. The summed E-state index contributed by atoms with van der Waals surface area (Å²) in [5.41, 5.74) is 2.65. The lowest BCUT2D eigenvalue weighted by atomic mass is 10.1. The zero-order valence-electron chi connectivity index (χ0n) is 16.8. The quantitative estimate of drug-likeness (QED) is 0.457. The van der Waals surface area contributed by atoms with Gasteiger partial charge in [-0.25, -0.2) is 17.8 Å². The molecule has 1 amide bonds. The van der Waals surface area contributed by atoms with Gasteiger partial charge in [-0.2, -0.15) is 4.31 Å². The molecule has 0 unspecified atom stereocenters. The van der Waals surface area contributed by atoms with Crippen LogP contribution >= 0.6 is 11.3 Å². The predicted octanol–water partition coefficient (Wildman–Crippen LogP) is 4.22. The third-order valence-corrected chi connectivity index (χ3v) is 8.21. The fraction of sp³-hybridized carbons (Fsp3) is 0.182. The molecule has 4 aromatic rings. The number of aromatic nitrogens is 2. The molecule has 7 nitrogen and oxygen atoms in total. The maximum Gasteiger partial charge on any atom is 0.244 e. The molecule has 2 N–H and O–H groups in total. The van der Waals surface area contributed by atoms with Gasteiger partial charge in [0.2, 0.25) is 15.9 Å². The van der Waals surface area contributed by atoms with Crippen molar-refractivity contribution in [1.82, 2.24) is 14.3 Å². The van der Waals surface area contributed by atoms with Gasteiger partial charge in [-0.05, 0) is 43.2 Å². The Bertz CT molecular complexity index is 1400. The molecule has 1 aliphatic rings. The topological polar surface area (TPSA) is 95.2 Å². The number of halogens is 1. The number of thiazole rings is 1. The number of hydrogen-bond donors (Lipinski definition) is 2. The normalized spacial score (nSPS) is 17.1. The Morgan fingerprint density at radius 2 is 1.97 bits per heavy atom. The van der Waals surface area contributed by atoms with E-state index in [2.05, 4.69) is 15.3 Å². The van der Waals surface area contributed by atoms with Gasteiger partial charge < -0.3 is 10.3 Å². The van der Waals surface area contributed by atoms with E-state index in [-0.39, 0.29) is 11.4 Å². The molecule has 1 fully saturated rings. The zero-order chi connectivity index (χ0) is 22.3. The highest BCUT2D eigenvalue weighted by Gasteiger charge is 2.39. The molecule has 0 saturated carbocycles. The minimum atomic E-state index is -3.91. The standard InChI is InChI=1S/C22H19FN4O3S2/c23-14-7-9-15(10-8-14)32(29,30)27-11-3-6-20(27)21(28)26-22-25-19(13-31-22)17-12-24-18-5-2-1-4-16(17)18/h1-2,4-5,7-10,12-13,20,24H,3,6,11H2,(H,25,26,28)/t20-/m0/s1. The van der Waals surface area contributed by atoms with Crippen molar-refractivity contribution >= 4 is 43.3 Å². The summed E-state index contributed by atoms with van der Waals surface area (Å²) in [6.07, 6.45) is 2.85. The number of nitrogens with zero attached hydrogens (tertiary/aromatic N) is 2. The lowest BCUT2D eigenvalue weighted by molar-refractivity contribution is -0.119. The first-order valence-electron chi connectivity index (χ1n) is 10.0. The van der Waals surface area contributed by atoms with E-state index in [1.165, 1.54) is 27.8 Å². The van der Waals surface area contributed by atoms with Crippen LogP contribution < -0.4 is 5.32 Å². The van der Waals surface area contributed by atoms with Crippen molar-refractivity contribution in [1.29, 1.82) is 0 Å². The molecule has 2 aromatic heterocycles. The Kier molecular flexibility index (Phi) is 5.28. The van der Waals surface area contributed by atoms with Crippen molar-refractivity contribution < 1.29 is 17.6 Å². The zero-order valence-corrected chi connectivity index (χ0v) is 18.4. The van der Waals surface area contributed by atoms with Crippen molar-refractivity contribution in [2.45, 2.75) is 23.8 Å². The SMILES string of the molecule is O=C(Nc1nc(-c2c[nH]c3ccccc23)cs1)[C@@H]1CCCN1S(=O)(=O)c1ccc(F)cc1. The van der Waals surface area contributed by atoms with Gasteiger partial charge in [-0.3, -0.25) is 4.79 Å². The summed E-state index contributed by atoms with van der Waals surface area (Å²) in [4.78, 5) is 20.6. The molecule has 0 bridgehead atoms. The van der Waals surface area contributed by atoms with Crippen molar-refractivity contribution in [2.24, 2.45) is 0 Å². The maximum absolute atomic E-state index is 13.2. The number of para-hydroxylation sites is 1. The fourth-order valence-electron chi connectivity index (χ4n) is 3.96. The van der Waals surface area contributed by atoms with Gasteiger partial charge >= 0.3 is 0 Å². The number of H-pyrrole nitrogens is 1. The van der Waals surface area contributed by atoms with Crippen LogP contribution in [-0.2, 0) is 14.8 Å². The first-order valence-corrected chi connectivity index (χ1v) is 12.4. The number of amides is 1. The molecule has 0 aliphatic carbocycles. The second-order valence-electron chi connectivity index (χ2n) is 7.50. The monoisotopic (exact) mass is 470 g/mol. The van der Waals surface area contributed by atoms with E-state index in [1.54, 1.807) is 0 Å². The van der Waals surface area contributed by atoms with Crippen molar-refractivity contribution in [3.63, 3.8) is 0 Å². The molecule has 164 valence electrons. The lowest BCUT2D eigenvalue weighted by Crippen LogP contribution is -2.43. The molecule has 3 heterocycles. The summed E-state index contributed by atoms with van der Waals surface area (Å²) >= 11 is 1.28. The van der Waals surface area contributed by atoms with Crippen LogP contribution in [0.25, 0.3) is 22.2 Å². The van der Waals surface area contributed by atoms with E-state index in [1.807, 2.05) is 35.8 Å². The highest BCUT2D eigenvalue weighted by atomic mass is 32.2. The van der Waals surface area contributed by atoms with E-state index < -0.39 is 27.8 Å². The maximum atomic E-state index is 13.2. The van der Waals surface area contributed by atoms with Gasteiger partial charge in [0.25, 0.3) is 0 Å². The average molecular weight is 471 g/mol. The van der Waals surface area contributed by atoms with Crippen molar-refractivity contribution in [3.8, 4) is 11.3 Å². The molecule has 1 aliphatic heterocycles. The van der Waals surface area contributed by atoms with Crippen LogP contribution in [0.5, 0.6) is 0 Å². The molecular formula is C22H19FN4O3S2. The van der Waals surface area contributed by atoms with Crippen molar-refractivity contribution in [3.05, 3.63) is 65.9 Å². The molecule has 32 heavy (non-hydrogen) atoms. The van der Waals surface area contributed by atoms with E-state index in [9.17, 15) is 17.6 Å². The highest BCUT2D eigenvalue weighted by Crippen LogP contribution is 2.32. The molecule has 1 atom stereocenters. The molecular weight excluding hydrogens is 451 g/mol. The molecule has 0 spiro atoms. The van der Waals surface area contributed by atoms with Gasteiger partial charge in [0.15, 0.2) is 5.13 Å². The first kappa shape index (κ1) is 20.8. The predicted molar refractivity (Wildman–Crippen MR) is 121 cm³/mol. The van der Waals surface area contributed by atoms with Crippen LogP contribution in [0.4, 0.5) is 9.52 Å². The van der Waals surface area contributed by atoms with Gasteiger partial charge in [-0.15, -0.1) is 11.3 Å². The van der Waals surface area contributed by atoms with Crippen LogP contribution in [0.2, 0.25) is 0 Å². The Morgan fingerprint density at radius 3 is 2.78 bits per heavy atom. The van der Waals surface area contributed by atoms with Crippen LogP contribution in [0.15, 0.2) is 65.0 Å². The first-order chi connectivity index (χ1) is 15.4. The second-order valence-corrected chi connectivity index (χ2v) is 10.3.